The summed E-state index contributed by atoms with van der Waals surface area (Å²) in [6, 6.07) is 6.48. The van der Waals surface area contributed by atoms with Crippen molar-refractivity contribution in [1.82, 2.24) is 15.1 Å². The molecule has 0 bridgehead atoms. The van der Waals surface area contributed by atoms with Crippen LogP contribution in [-0.4, -0.2) is 85.2 Å². The number of piperazine rings is 1. The molecule has 0 radical (unpaired) electrons. The van der Waals surface area contributed by atoms with E-state index in [-0.39, 0.29) is 41.8 Å². The zero-order chi connectivity index (χ0) is 19.9. The molecule has 1 aromatic rings. The minimum absolute atomic E-state index is 0. The first kappa shape index (κ1) is 23.7. The smallest absolute Gasteiger partial charge is 0.224 e. The van der Waals surface area contributed by atoms with Gasteiger partial charge in [-0.15, -0.1) is 24.0 Å². The van der Waals surface area contributed by atoms with Crippen LogP contribution in [0.25, 0.3) is 0 Å². The van der Waals surface area contributed by atoms with Crippen molar-refractivity contribution in [2.24, 2.45) is 4.99 Å². The van der Waals surface area contributed by atoms with E-state index in [1.165, 1.54) is 12.1 Å². The third kappa shape index (κ3) is 6.70. The van der Waals surface area contributed by atoms with Gasteiger partial charge in [0.1, 0.15) is 5.82 Å². The number of amides is 1. The summed E-state index contributed by atoms with van der Waals surface area (Å²) in [5.74, 6) is 0.645. The van der Waals surface area contributed by atoms with Gasteiger partial charge in [0, 0.05) is 57.9 Å². The largest absolute Gasteiger partial charge is 0.391 e. The van der Waals surface area contributed by atoms with Gasteiger partial charge >= 0.3 is 0 Å². The summed E-state index contributed by atoms with van der Waals surface area (Å²) >= 11 is 0. The maximum atomic E-state index is 13.1. The molecule has 7 nitrogen and oxygen atoms in total. The molecule has 2 fully saturated rings. The van der Waals surface area contributed by atoms with Crippen LogP contribution in [0, 0.1) is 5.82 Å². The first-order valence-corrected chi connectivity index (χ1v) is 10.1. The molecule has 0 saturated carbocycles. The fourth-order valence-corrected chi connectivity index (χ4v) is 3.64. The SMILES string of the molecule is CCNC(=NCCC(=O)N1CCN(c2ccc(F)cc2)CC1)N1CC[C@@H](O)C1.I. The number of aliphatic imine (C=N–C) groups is 1. The van der Waals surface area contributed by atoms with Gasteiger partial charge in [-0.05, 0) is 37.6 Å². The fraction of sp³-hybridized carbons (Fsp3) is 0.600. The molecule has 2 heterocycles. The number of aliphatic hydroxyl groups excluding tert-OH is 1. The lowest BCUT2D eigenvalue weighted by molar-refractivity contribution is -0.131. The Bertz CT molecular complexity index is 680. The van der Waals surface area contributed by atoms with Crippen LogP contribution in [-0.2, 0) is 4.79 Å². The van der Waals surface area contributed by atoms with Crippen LogP contribution >= 0.6 is 24.0 Å². The van der Waals surface area contributed by atoms with E-state index in [1.807, 2.05) is 16.7 Å². The number of β-amino-alcohol motifs (C(OH)–C–C–N with tert-alkyl or cyclic N) is 1. The molecule has 0 unspecified atom stereocenters. The molecule has 29 heavy (non-hydrogen) atoms. The third-order valence-corrected chi connectivity index (χ3v) is 5.21. The Kier molecular flexibility index (Phi) is 9.41. The molecule has 2 aliphatic rings. The minimum atomic E-state index is -0.303. The highest BCUT2D eigenvalue weighted by Gasteiger charge is 2.24. The van der Waals surface area contributed by atoms with Crippen LogP contribution in [0.1, 0.15) is 19.8 Å². The number of guanidine groups is 1. The second kappa shape index (κ2) is 11.5. The molecule has 2 aliphatic heterocycles. The molecule has 2 saturated heterocycles. The summed E-state index contributed by atoms with van der Waals surface area (Å²) in [7, 11) is 0. The molecule has 3 rings (SSSR count). The molecular weight excluding hydrogens is 488 g/mol. The van der Waals surface area contributed by atoms with Crippen molar-refractivity contribution in [3.05, 3.63) is 30.1 Å². The van der Waals surface area contributed by atoms with Crippen LogP contribution in [0.3, 0.4) is 0 Å². The number of carbonyl (C=O) groups excluding carboxylic acids is 1. The molecular formula is C20H31FIN5O2. The predicted octanol–water partition coefficient (Wildman–Crippen LogP) is 1.51. The van der Waals surface area contributed by atoms with Crippen LogP contribution in [0.2, 0.25) is 0 Å². The summed E-state index contributed by atoms with van der Waals surface area (Å²) in [5, 5.41) is 12.9. The van der Waals surface area contributed by atoms with Crippen molar-refractivity contribution in [1.29, 1.82) is 0 Å². The molecule has 0 aliphatic carbocycles. The normalized spacial score (nSPS) is 19.9. The monoisotopic (exact) mass is 519 g/mol. The molecule has 162 valence electrons. The van der Waals surface area contributed by atoms with E-state index < -0.39 is 0 Å². The highest BCUT2D eigenvalue weighted by molar-refractivity contribution is 14.0. The van der Waals surface area contributed by atoms with E-state index in [4.69, 9.17) is 0 Å². The maximum absolute atomic E-state index is 13.1. The van der Waals surface area contributed by atoms with E-state index in [0.29, 0.717) is 32.6 Å². The molecule has 1 aromatic carbocycles. The standard InChI is InChI=1S/C20H30FN5O2.HI/c1-2-22-20(26-10-8-18(27)15-26)23-9-7-19(28)25-13-11-24(12-14-25)17-5-3-16(21)4-6-17;/h3-6,18,27H,2,7-15H2,1H3,(H,22,23);1H/t18-;/m1./s1. The predicted molar refractivity (Wildman–Crippen MR) is 123 cm³/mol. The third-order valence-electron chi connectivity index (χ3n) is 5.21. The zero-order valence-electron chi connectivity index (χ0n) is 16.9. The van der Waals surface area contributed by atoms with Crippen LogP contribution in [0.15, 0.2) is 29.3 Å². The Morgan fingerprint density at radius 3 is 2.45 bits per heavy atom. The van der Waals surface area contributed by atoms with Gasteiger partial charge in [0.05, 0.1) is 12.6 Å². The van der Waals surface area contributed by atoms with Crippen molar-refractivity contribution in [3.8, 4) is 0 Å². The number of carbonyl (C=O) groups is 1. The second-order valence-electron chi connectivity index (χ2n) is 7.22. The fourth-order valence-electron chi connectivity index (χ4n) is 3.64. The Morgan fingerprint density at radius 1 is 1.17 bits per heavy atom. The highest BCUT2D eigenvalue weighted by atomic mass is 127. The van der Waals surface area contributed by atoms with E-state index in [1.54, 1.807) is 12.1 Å². The number of aliphatic hydroxyl groups is 1. The number of hydrogen-bond acceptors (Lipinski definition) is 4. The van der Waals surface area contributed by atoms with E-state index in [9.17, 15) is 14.3 Å². The maximum Gasteiger partial charge on any atom is 0.224 e. The Morgan fingerprint density at radius 2 is 1.86 bits per heavy atom. The number of anilines is 1. The van der Waals surface area contributed by atoms with Crippen molar-refractivity contribution >= 4 is 41.5 Å². The van der Waals surface area contributed by atoms with Crippen LogP contribution in [0.4, 0.5) is 10.1 Å². The van der Waals surface area contributed by atoms with E-state index in [0.717, 1.165) is 44.2 Å². The summed E-state index contributed by atoms with van der Waals surface area (Å²) in [4.78, 5) is 23.2. The number of nitrogens with one attached hydrogen (secondary N) is 1. The Balaban J connectivity index is 0.00000300. The first-order chi connectivity index (χ1) is 13.6. The second-order valence-corrected chi connectivity index (χ2v) is 7.22. The van der Waals surface area contributed by atoms with Gasteiger partial charge in [0.25, 0.3) is 0 Å². The van der Waals surface area contributed by atoms with Gasteiger partial charge in [-0.1, -0.05) is 0 Å². The number of likely N-dealkylation sites (tertiary alicyclic amines) is 1. The number of rotatable bonds is 5. The molecule has 0 spiro atoms. The molecule has 0 aromatic heterocycles. The summed E-state index contributed by atoms with van der Waals surface area (Å²) < 4.78 is 13.1. The van der Waals surface area contributed by atoms with Crippen molar-refractivity contribution < 1.29 is 14.3 Å². The van der Waals surface area contributed by atoms with E-state index >= 15 is 0 Å². The van der Waals surface area contributed by atoms with Crippen LogP contribution < -0.4 is 10.2 Å². The summed E-state index contributed by atoms with van der Waals surface area (Å²) in [5.41, 5.74) is 0.987. The van der Waals surface area contributed by atoms with E-state index in [2.05, 4.69) is 15.2 Å². The van der Waals surface area contributed by atoms with Crippen molar-refractivity contribution in [2.75, 3.05) is 57.3 Å². The number of hydrogen-bond donors (Lipinski definition) is 2. The average molecular weight is 519 g/mol. The summed E-state index contributed by atoms with van der Waals surface area (Å²) in [6.07, 6.45) is 0.826. The topological polar surface area (TPSA) is 71.4 Å². The minimum Gasteiger partial charge on any atom is -0.391 e. The molecule has 1 atom stereocenters. The lowest BCUT2D eigenvalue weighted by Gasteiger charge is -2.36. The number of benzene rings is 1. The van der Waals surface area contributed by atoms with Gasteiger partial charge in [-0.2, -0.15) is 0 Å². The van der Waals surface area contributed by atoms with Crippen LogP contribution in [0.5, 0.6) is 0 Å². The number of halogens is 2. The highest BCUT2D eigenvalue weighted by Crippen LogP contribution is 2.17. The number of nitrogens with zero attached hydrogens (tertiary/aromatic N) is 4. The van der Waals surface area contributed by atoms with Gasteiger partial charge in [0.2, 0.25) is 5.91 Å². The lowest BCUT2D eigenvalue weighted by Crippen LogP contribution is -2.49. The van der Waals surface area contributed by atoms with Gasteiger partial charge < -0.3 is 25.1 Å². The quantitative estimate of drug-likeness (QED) is 0.351. The van der Waals surface area contributed by atoms with Gasteiger partial charge in [-0.3, -0.25) is 9.79 Å². The summed E-state index contributed by atoms with van der Waals surface area (Å²) in [6.45, 7) is 7.39. The van der Waals surface area contributed by atoms with Gasteiger partial charge in [0.15, 0.2) is 5.96 Å². The molecule has 2 N–H and O–H groups in total. The van der Waals surface area contributed by atoms with Gasteiger partial charge in [-0.25, -0.2) is 4.39 Å². The van der Waals surface area contributed by atoms with Crippen molar-refractivity contribution in [2.45, 2.75) is 25.9 Å². The molecule has 1 amide bonds. The van der Waals surface area contributed by atoms with Crippen molar-refractivity contribution in [3.63, 3.8) is 0 Å². The first-order valence-electron chi connectivity index (χ1n) is 10.1. The lowest BCUT2D eigenvalue weighted by atomic mass is 10.2. The Hall–Kier alpha value is -1.62. The Labute approximate surface area is 189 Å². The molecule has 9 heteroatoms. The zero-order valence-corrected chi connectivity index (χ0v) is 19.2. The average Bonchev–Trinajstić information content (AvgIpc) is 3.14.